The van der Waals surface area contributed by atoms with Crippen molar-refractivity contribution in [2.24, 2.45) is 0 Å². The van der Waals surface area contributed by atoms with Crippen LogP contribution in [-0.4, -0.2) is 16.2 Å². The highest BCUT2D eigenvalue weighted by Gasteiger charge is 2.20. The summed E-state index contributed by atoms with van der Waals surface area (Å²) in [5.74, 6) is -2.08. The Morgan fingerprint density at radius 1 is 1.35 bits per heavy atom. The van der Waals surface area contributed by atoms with E-state index >= 15 is 0 Å². The molecule has 0 saturated heterocycles. The minimum Gasteiger partial charge on any atom is -0.477 e. The number of carboxylic acids is 1. The van der Waals surface area contributed by atoms with Crippen LogP contribution in [0.5, 0.6) is 0 Å². The number of aromatic carboxylic acids is 1. The predicted molar refractivity (Wildman–Crippen MR) is 58.9 cm³/mol. The van der Waals surface area contributed by atoms with Gasteiger partial charge in [0.15, 0.2) is 5.76 Å². The molecule has 0 aliphatic carbocycles. The second-order valence-electron chi connectivity index (χ2n) is 3.12. The van der Waals surface area contributed by atoms with Crippen LogP contribution in [0.25, 0.3) is 11.3 Å². The summed E-state index contributed by atoms with van der Waals surface area (Å²) in [6, 6.07) is 2.17. The minimum absolute atomic E-state index is 0.0793. The zero-order chi connectivity index (χ0) is 12.6. The number of carbonyl (C=O) groups is 1. The normalized spacial score (nSPS) is 10.5. The van der Waals surface area contributed by atoms with E-state index in [1.165, 1.54) is 6.07 Å². The molecule has 1 aromatic carbocycles. The lowest BCUT2D eigenvalue weighted by atomic mass is 10.1. The van der Waals surface area contributed by atoms with Crippen molar-refractivity contribution in [3.63, 3.8) is 0 Å². The zero-order valence-corrected chi connectivity index (χ0v) is 9.59. The summed E-state index contributed by atoms with van der Waals surface area (Å²) in [7, 11) is 0. The Kier molecular flexibility index (Phi) is 3.04. The highest BCUT2D eigenvalue weighted by Crippen LogP contribution is 2.34. The summed E-state index contributed by atoms with van der Waals surface area (Å²) in [5.41, 5.74) is -0.114. The SMILES string of the molecule is O=C(O)c1cnoc1-c1cc(F)c(Cl)cc1Cl. The van der Waals surface area contributed by atoms with E-state index in [-0.39, 0.29) is 26.9 Å². The quantitative estimate of drug-likeness (QED) is 0.853. The molecule has 1 N–H and O–H groups in total. The van der Waals surface area contributed by atoms with Crippen molar-refractivity contribution in [1.82, 2.24) is 5.16 Å². The molecule has 88 valence electrons. The molecular formula is C10H4Cl2FNO3. The van der Waals surface area contributed by atoms with Crippen molar-refractivity contribution < 1.29 is 18.8 Å². The first-order valence-electron chi connectivity index (χ1n) is 4.33. The van der Waals surface area contributed by atoms with Crippen LogP contribution in [0, 0.1) is 5.82 Å². The van der Waals surface area contributed by atoms with E-state index in [9.17, 15) is 9.18 Å². The Morgan fingerprint density at radius 2 is 2.06 bits per heavy atom. The molecule has 0 unspecified atom stereocenters. The molecule has 0 spiro atoms. The molecule has 2 rings (SSSR count). The highest BCUT2D eigenvalue weighted by atomic mass is 35.5. The molecule has 17 heavy (non-hydrogen) atoms. The van der Waals surface area contributed by atoms with E-state index < -0.39 is 11.8 Å². The maximum Gasteiger partial charge on any atom is 0.341 e. The van der Waals surface area contributed by atoms with Gasteiger partial charge >= 0.3 is 5.97 Å². The summed E-state index contributed by atoms with van der Waals surface area (Å²) in [6.45, 7) is 0. The monoisotopic (exact) mass is 275 g/mol. The number of hydrogen-bond acceptors (Lipinski definition) is 3. The predicted octanol–water partition coefficient (Wildman–Crippen LogP) is 3.49. The molecule has 1 heterocycles. The summed E-state index contributed by atoms with van der Waals surface area (Å²) >= 11 is 11.4. The fraction of sp³-hybridized carbons (Fsp3) is 0. The van der Waals surface area contributed by atoms with Gasteiger partial charge in [-0.2, -0.15) is 0 Å². The minimum atomic E-state index is -1.24. The number of nitrogens with zero attached hydrogens (tertiary/aromatic N) is 1. The number of benzene rings is 1. The summed E-state index contributed by atoms with van der Waals surface area (Å²) in [6.07, 6.45) is 1.01. The zero-order valence-electron chi connectivity index (χ0n) is 8.08. The van der Waals surface area contributed by atoms with Crippen LogP contribution in [-0.2, 0) is 0 Å². The largest absolute Gasteiger partial charge is 0.477 e. The van der Waals surface area contributed by atoms with Crippen molar-refractivity contribution in [2.45, 2.75) is 0 Å². The topological polar surface area (TPSA) is 63.3 Å². The first kappa shape index (κ1) is 11.9. The first-order valence-corrected chi connectivity index (χ1v) is 5.09. The third-order valence-corrected chi connectivity index (χ3v) is 2.66. The average molecular weight is 276 g/mol. The molecule has 0 bridgehead atoms. The van der Waals surface area contributed by atoms with Crippen molar-refractivity contribution >= 4 is 29.2 Å². The van der Waals surface area contributed by atoms with Gasteiger partial charge < -0.3 is 9.63 Å². The second kappa shape index (κ2) is 4.35. The Bertz CT molecular complexity index is 597. The van der Waals surface area contributed by atoms with Gasteiger partial charge in [-0.1, -0.05) is 28.4 Å². The van der Waals surface area contributed by atoms with Crippen LogP contribution in [0.2, 0.25) is 10.0 Å². The van der Waals surface area contributed by atoms with Gasteiger partial charge in [0, 0.05) is 5.56 Å². The van der Waals surface area contributed by atoms with Crippen molar-refractivity contribution in [3.8, 4) is 11.3 Å². The Balaban J connectivity index is 2.64. The molecule has 0 aliphatic rings. The Morgan fingerprint density at radius 3 is 2.71 bits per heavy atom. The maximum atomic E-state index is 13.3. The second-order valence-corrected chi connectivity index (χ2v) is 3.93. The number of rotatable bonds is 2. The van der Waals surface area contributed by atoms with E-state index in [1.807, 2.05) is 0 Å². The van der Waals surface area contributed by atoms with E-state index in [0.29, 0.717) is 0 Å². The van der Waals surface area contributed by atoms with Crippen LogP contribution in [0.1, 0.15) is 10.4 Å². The van der Waals surface area contributed by atoms with Crippen LogP contribution in [0.3, 0.4) is 0 Å². The first-order chi connectivity index (χ1) is 8.00. The molecule has 1 aromatic heterocycles. The molecule has 0 fully saturated rings. The number of aromatic nitrogens is 1. The number of hydrogen-bond donors (Lipinski definition) is 1. The average Bonchev–Trinajstić information content (AvgIpc) is 2.72. The molecule has 2 aromatic rings. The van der Waals surface area contributed by atoms with Crippen LogP contribution >= 0.6 is 23.2 Å². The van der Waals surface area contributed by atoms with Gasteiger partial charge in [0.1, 0.15) is 11.4 Å². The maximum absolute atomic E-state index is 13.3. The smallest absolute Gasteiger partial charge is 0.341 e. The van der Waals surface area contributed by atoms with Gasteiger partial charge in [0.2, 0.25) is 0 Å². The molecular weight excluding hydrogens is 272 g/mol. The molecule has 0 saturated carbocycles. The van der Waals surface area contributed by atoms with Gasteiger partial charge in [-0.15, -0.1) is 0 Å². The van der Waals surface area contributed by atoms with Gasteiger partial charge in [-0.25, -0.2) is 9.18 Å². The van der Waals surface area contributed by atoms with Crippen LogP contribution < -0.4 is 0 Å². The molecule has 0 radical (unpaired) electrons. The Hall–Kier alpha value is -1.59. The summed E-state index contributed by atoms with van der Waals surface area (Å²) in [4.78, 5) is 10.9. The Labute approximate surface area is 105 Å². The van der Waals surface area contributed by atoms with Gasteiger partial charge in [-0.05, 0) is 12.1 Å². The van der Waals surface area contributed by atoms with Crippen molar-refractivity contribution in [1.29, 1.82) is 0 Å². The van der Waals surface area contributed by atoms with Crippen molar-refractivity contribution in [3.05, 3.63) is 39.8 Å². The summed E-state index contributed by atoms with van der Waals surface area (Å²) < 4.78 is 18.0. The molecule has 0 aliphatic heterocycles. The molecule has 4 nitrogen and oxygen atoms in total. The van der Waals surface area contributed by atoms with E-state index in [1.54, 1.807) is 0 Å². The van der Waals surface area contributed by atoms with Gasteiger partial charge in [0.25, 0.3) is 0 Å². The van der Waals surface area contributed by atoms with E-state index in [2.05, 4.69) is 5.16 Å². The van der Waals surface area contributed by atoms with Gasteiger partial charge in [-0.3, -0.25) is 0 Å². The molecule has 0 atom stereocenters. The number of carboxylic acid groups (broad SMARTS) is 1. The third-order valence-electron chi connectivity index (χ3n) is 2.06. The lowest BCUT2D eigenvalue weighted by molar-refractivity contribution is 0.0697. The summed E-state index contributed by atoms with van der Waals surface area (Å²) in [5, 5.41) is 12.1. The molecule has 0 amide bonds. The fourth-order valence-electron chi connectivity index (χ4n) is 1.28. The lowest BCUT2D eigenvalue weighted by Crippen LogP contribution is -1.96. The van der Waals surface area contributed by atoms with E-state index in [4.69, 9.17) is 32.8 Å². The van der Waals surface area contributed by atoms with Gasteiger partial charge in [0.05, 0.1) is 16.2 Å². The third kappa shape index (κ3) is 2.11. The molecule has 7 heteroatoms. The highest BCUT2D eigenvalue weighted by molar-refractivity contribution is 6.36. The van der Waals surface area contributed by atoms with Crippen molar-refractivity contribution in [2.75, 3.05) is 0 Å². The fourth-order valence-corrected chi connectivity index (χ4v) is 1.75. The standard InChI is InChI=1S/C10H4Cl2FNO3/c11-6-2-7(12)8(13)1-4(6)9-5(10(15)16)3-14-17-9/h1-3H,(H,15,16). The van der Waals surface area contributed by atoms with E-state index in [0.717, 1.165) is 12.3 Å². The van der Waals surface area contributed by atoms with Crippen LogP contribution in [0.15, 0.2) is 22.9 Å². The van der Waals surface area contributed by atoms with Crippen LogP contribution in [0.4, 0.5) is 4.39 Å². The number of halogens is 3. The lowest BCUT2D eigenvalue weighted by Gasteiger charge is -2.03.